The summed E-state index contributed by atoms with van der Waals surface area (Å²) >= 11 is 0. The van der Waals surface area contributed by atoms with Gasteiger partial charge in [-0.15, -0.1) is 5.10 Å². The van der Waals surface area contributed by atoms with Gasteiger partial charge in [-0.25, -0.2) is 12.7 Å². The van der Waals surface area contributed by atoms with Crippen LogP contribution >= 0.6 is 0 Å². The van der Waals surface area contributed by atoms with Crippen molar-refractivity contribution in [3.05, 3.63) is 42.0 Å². The SMILES string of the molecule is CCCCN(C)S(=O)(=O)c1ccc(C(=O)Nc2nnc(-c3cc(OCC)c(OCC)c(OCC)c3)o2)cc1. The molecule has 1 aromatic heterocycles. The number of ether oxygens (including phenoxy) is 3. The fraction of sp³-hybridized carbons (Fsp3) is 0.423. The second kappa shape index (κ2) is 13.2. The highest BCUT2D eigenvalue weighted by molar-refractivity contribution is 7.89. The molecule has 0 radical (unpaired) electrons. The monoisotopic (exact) mass is 546 g/mol. The Balaban J connectivity index is 1.78. The summed E-state index contributed by atoms with van der Waals surface area (Å²) in [7, 11) is -2.09. The average molecular weight is 547 g/mol. The molecule has 0 aliphatic heterocycles. The Bertz CT molecular complexity index is 1300. The van der Waals surface area contributed by atoms with Crippen LogP contribution < -0.4 is 19.5 Å². The molecule has 0 aliphatic rings. The van der Waals surface area contributed by atoms with E-state index < -0.39 is 15.9 Å². The number of unbranched alkanes of at least 4 members (excludes halogenated alkanes) is 1. The lowest BCUT2D eigenvalue weighted by molar-refractivity contribution is 0.102. The van der Waals surface area contributed by atoms with Crippen LogP contribution in [0, 0.1) is 0 Å². The van der Waals surface area contributed by atoms with Crippen LogP contribution in [0.1, 0.15) is 50.9 Å². The summed E-state index contributed by atoms with van der Waals surface area (Å²) < 4.78 is 49.5. The Labute approximate surface area is 223 Å². The zero-order chi connectivity index (χ0) is 27.7. The van der Waals surface area contributed by atoms with Crippen LogP contribution in [0.3, 0.4) is 0 Å². The van der Waals surface area contributed by atoms with Crippen molar-refractivity contribution in [2.45, 2.75) is 45.4 Å². The number of anilines is 1. The van der Waals surface area contributed by atoms with Gasteiger partial charge in [-0.3, -0.25) is 10.1 Å². The smallest absolute Gasteiger partial charge is 0.322 e. The molecule has 3 aromatic rings. The van der Waals surface area contributed by atoms with Crippen LogP contribution in [-0.2, 0) is 10.0 Å². The minimum Gasteiger partial charge on any atom is -0.490 e. The molecule has 0 bridgehead atoms. The maximum atomic E-state index is 12.7. The van der Waals surface area contributed by atoms with Gasteiger partial charge in [0.25, 0.3) is 5.91 Å². The van der Waals surface area contributed by atoms with Crippen molar-refractivity contribution in [3.8, 4) is 28.7 Å². The van der Waals surface area contributed by atoms with Crippen molar-refractivity contribution in [3.63, 3.8) is 0 Å². The summed E-state index contributed by atoms with van der Waals surface area (Å²) in [6, 6.07) is 8.95. The van der Waals surface area contributed by atoms with Gasteiger partial charge in [0.05, 0.1) is 24.7 Å². The first-order valence-electron chi connectivity index (χ1n) is 12.5. The third kappa shape index (κ3) is 6.81. The fourth-order valence-corrected chi connectivity index (χ4v) is 4.74. The first-order chi connectivity index (χ1) is 18.2. The zero-order valence-electron chi connectivity index (χ0n) is 22.3. The molecule has 3 rings (SSSR count). The molecule has 0 atom stereocenters. The summed E-state index contributed by atoms with van der Waals surface area (Å²) in [4.78, 5) is 12.8. The molecular formula is C26H34N4O7S. The molecule has 1 heterocycles. The topological polar surface area (TPSA) is 133 Å². The van der Waals surface area contributed by atoms with Crippen molar-refractivity contribution in [1.82, 2.24) is 14.5 Å². The van der Waals surface area contributed by atoms with Gasteiger partial charge in [-0.2, -0.15) is 0 Å². The number of hydrogen-bond donors (Lipinski definition) is 1. The van der Waals surface area contributed by atoms with Crippen LogP contribution in [0.4, 0.5) is 6.01 Å². The number of hydrogen-bond acceptors (Lipinski definition) is 9. The van der Waals surface area contributed by atoms with E-state index in [2.05, 4.69) is 15.5 Å². The summed E-state index contributed by atoms with van der Waals surface area (Å²) in [5.74, 6) is 1.03. The number of carbonyl (C=O) groups excluding carboxylic acids is 1. The van der Waals surface area contributed by atoms with E-state index in [1.165, 1.54) is 35.6 Å². The maximum Gasteiger partial charge on any atom is 0.322 e. The number of sulfonamides is 1. The van der Waals surface area contributed by atoms with Crippen LogP contribution in [0.25, 0.3) is 11.5 Å². The number of benzene rings is 2. The Morgan fingerprint density at radius 3 is 2.11 bits per heavy atom. The molecule has 206 valence electrons. The highest BCUT2D eigenvalue weighted by Crippen LogP contribution is 2.41. The first kappa shape index (κ1) is 28.9. The maximum absolute atomic E-state index is 12.7. The Morgan fingerprint density at radius 2 is 1.55 bits per heavy atom. The molecule has 0 saturated heterocycles. The predicted octanol–water partition coefficient (Wildman–Crippen LogP) is 4.61. The summed E-state index contributed by atoms with van der Waals surface area (Å²) in [6.07, 6.45) is 1.65. The number of aromatic nitrogens is 2. The zero-order valence-corrected chi connectivity index (χ0v) is 23.1. The van der Waals surface area contributed by atoms with Gasteiger partial charge in [-0.05, 0) is 63.6 Å². The molecule has 0 unspecified atom stereocenters. The first-order valence-corrected chi connectivity index (χ1v) is 14.0. The number of nitrogens with zero attached hydrogens (tertiary/aromatic N) is 3. The normalized spacial score (nSPS) is 11.4. The van der Waals surface area contributed by atoms with Gasteiger partial charge in [0.1, 0.15) is 0 Å². The lowest BCUT2D eigenvalue weighted by Gasteiger charge is -2.16. The lowest BCUT2D eigenvalue weighted by atomic mass is 10.2. The van der Waals surface area contributed by atoms with E-state index >= 15 is 0 Å². The largest absolute Gasteiger partial charge is 0.490 e. The van der Waals surface area contributed by atoms with Gasteiger partial charge in [-0.1, -0.05) is 18.4 Å². The Hall–Kier alpha value is -3.64. The van der Waals surface area contributed by atoms with Crippen LogP contribution in [-0.4, -0.2) is 62.2 Å². The molecule has 0 spiro atoms. The second-order valence-corrected chi connectivity index (χ2v) is 10.2. The van der Waals surface area contributed by atoms with Crippen LogP contribution in [0.15, 0.2) is 45.7 Å². The van der Waals surface area contributed by atoms with Gasteiger partial charge in [0.2, 0.25) is 21.7 Å². The quantitative estimate of drug-likeness (QED) is 0.308. The van der Waals surface area contributed by atoms with Gasteiger partial charge >= 0.3 is 6.01 Å². The second-order valence-electron chi connectivity index (χ2n) is 8.17. The average Bonchev–Trinajstić information content (AvgIpc) is 3.37. The number of amides is 1. The Kier molecular flexibility index (Phi) is 10.1. The Morgan fingerprint density at radius 1 is 0.947 bits per heavy atom. The molecule has 2 aromatic carbocycles. The molecule has 12 heteroatoms. The van der Waals surface area contributed by atoms with Crippen molar-refractivity contribution in [2.24, 2.45) is 0 Å². The molecule has 1 amide bonds. The molecule has 38 heavy (non-hydrogen) atoms. The highest BCUT2D eigenvalue weighted by Gasteiger charge is 2.22. The van der Waals surface area contributed by atoms with E-state index in [1.807, 2.05) is 27.7 Å². The van der Waals surface area contributed by atoms with Gasteiger partial charge < -0.3 is 18.6 Å². The van der Waals surface area contributed by atoms with Crippen molar-refractivity contribution in [1.29, 1.82) is 0 Å². The predicted molar refractivity (Wildman–Crippen MR) is 142 cm³/mol. The molecule has 1 N–H and O–H groups in total. The summed E-state index contributed by atoms with van der Waals surface area (Å²) in [5.41, 5.74) is 0.758. The lowest BCUT2D eigenvalue weighted by Crippen LogP contribution is -2.28. The van der Waals surface area contributed by atoms with Crippen molar-refractivity contribution < 1.29 is 31.8 Å². The van der Waals surface area contributed by atoms with E-state index in [-0.39, 0.29) is 22.4 Å². The standard InChI is InChI=1S/C26H34N4O7S/c1-6-10-15-30(5)38(32,33)20-13-11-18(12-14-20)24(31)27-26-29-28-25(37-26)19-16-21(34-7-2)23(36-9-4)22(17-19)35-8-3/h11-14,16-17H,6-10,15H2,1-5H3,(H,27,29,31). The summed E-state index contributed by atoms with van der Waals surface area (Å²) in [5, 5.41) is 10.5. The van der Waals surface area contributed by atoms with E-state index in [9.17, 15) is 13.2 Å². The number of carbonyl (C=O) groups is 1. The van der Waals surface area contributed by atoms with Crippen LogP contribution in [0.5, 0.6) is 17.2 Å². The minimum absolute atomic E-state index is 0.110. The molecule has 11 nitrogen and oxygen atoms in total. The molecule has 0 saturated carbocycles. The third-order valence-electron chi connectivity index (χ3n) is 5.45. The number of rotatable bonds is 14. The summed E-state index contributed by atoms with van der Waals surface area (Å²) in [6.45, 7) is 9.25. The van der Waals surface area contributed by atoms with Crippen molar-refractivity contribution in [2.75, 3.05) is 38.7 Å². The highest BCUT2D eigenvalue weighted by atomic mass is 32.2. The van der Waals surface area contributed by atoms with Crippen LogP contribution in [0.2, 0.25) is 0 Å². The number of nitrogens with one attached hydrogen (secondary N) is 1. The molecular weight excluding hydrogens is 512 g/mol. The minimum atomic E-state index is -3.63. The van der Waals surface area contributed by atoms with E-state index in [0.29, 0.717) is 49.2 Å². The third-order valence-corrected chi connectivity index (χ3v) is 7.32. The van der Waals surface area contributed by atoms with E-state index in [0.717, 1.165) is 12.8 Å². The fourth-order valence-electron chi connectivity index (χ4n) is 3.53. The molecule has 0 aliphatic carbocycles. The van der Waals surface area contributed by atoms with E-state index in [1.54, 1.807) is 12.1 Å². The molecule has 0 fully saturated rings. The van der Waals surface area contributed by atoms with Crippen molar-refractivity contribution >= 4 is 21.9 Å². The van der Waals surface area contributed by atoms with Gasteiger partial charge in [0, 0.05) is 24.7 Å². The van der Waals surface area contributed by atoms with E-state index in [4.69, 9.17) is 18.6 Å². The van der Waals surface area contributed by atoms with Gasteiger partial charge in [0.15, 0.2) is 11.5 Å².